The molecule has 26 heavy (non-hydrogen) atoms. The standard InChI is InChI=1S/C15H11ClF3N5OS/c16-13-11(24-4-5-26-14(24)22-13)7-21-23-12(25)8-20-10-3-1-2-9(6-10)15(17,18)19/h1-7,20H,8H2,(H,23,25)/b21-7-. The zero-order valence-electron chi connectivity index (χ0n) is 12.9. The summed E-state index contributed by atoms with van der Waals surface area (Å²) in [6.07, 6.45) is -1.34. The summed E-state index contributed by atoms with van der Waals surface area (Å²) in [6.45, 7) is -0.243. The summed E-state index contributed by atoms with van der Waals surface area (Å²) in [5.41, 5.74) is 2.16. The number of carbonyl (C=O) groups is 1. The molecule has 11 heteroatoms. The van der Waals surface area contributed by atoms with Crippen LogP contribution in [0.25, 0.3) is 4.96 Å². The number of fused-ring (bicyclic) bond motifs is 1. The molecule has 2 N–H and O–H groups in total. The Morgan fingerprint density at radius 1 is 1.42 bits per heavy atom. The summed E-state index contributed by atoms with van der Waals surface area (Å²) >= 11 is 7.38. The first-order valence-electron chi connectivity index (χ1n) is 7.18. The van der Waals surface area contributed by atoms with Crippen molar-refractivity contribution in [1.29, 1.82) is 0 Å². The van der Waals surface area contributed by atoms with Crippen molar-refractivity contribution in [2.24, 2.45) is 5.10 Å². The van der Waals surface area contributed by atoms with Crippen LogP contribution in [0.3, 0.4) is 0 Å². The fourth-order valence-electron chi connectivity index (χ4n) is 2.09. The number of amides is 1. The molecule has 0 unspecified atom stereocenters. The van der Waals surface area contributed by atoms with Gasteiger partial charge < -0.3 is 5.32 Å². The lowest BCUT2D eigenvalue weighted by molar-refractivity contribution is -0.137. The number of aromatic nitrogens is 2. The average Bonchev–Trinajstić information content (AvgIpc) is 3.14. The molecule has 0 aliphatic carbocycles. The van der Waals surface area contributed by atoms with E-state index < -0.39 is 17.6 Å². The van der Waals surface area contributed by atoms with Crippen molar-refractivity contribution in [1.82, 2.24) is 14.8 Å². The van der Waals surface area contributed by atoms with Crippen LogP contribution in [-0.2, 0) is 11.0 Å². The topological polar surface area (TPSA) is 70.8 Å². The Morgan fingerprint density at radius 2 is 2.23 bits per heavy atom. The third kappa shape index (κ3) is 4.14. The number of benzene rings is 1. The SMILES string of the molecule is O=C(CNc1cccc(C(F)(F)F)c1)N/N=C\c1c(Cl)nc2sccn12. The van der Waals surface area contributed by atoms with E-state index >= 15 is 0 Å². The number of thiazole rings is 1. The number of carbonyl (C=O) groups excluding carboxylic acids is 1. The van der Waals surface area contributed by atoms with Gasteiger partial charge in [0.25, 0.3) is 5.91 Å². The fourth-order valence-corrected chi connectivity index (χ4v) is 3.08. The van der Waals surface area contributed by atoms with Gasteiger partial charge in [0.15, 0.2) is 10.1 Å². The predicted octanol–water partition coefficient (Wildman–Crippen LogP) is 3.63. The van der Waals surface area contributed by atoms with Crippen LogP contribution >= 0.6 is 22.9 Å². The molecule has 3 rings (SSSR count). The van der Waals surface area contributed by atoms with Gasteiger partial charge in [0.05, 0.1) is 18.3 Å². The van der Waals surface area contributed by atoms with Crippen molar-refractivity contribution in [3.05, 3.63) is 52.3 Å². The number of hydrazone groups is 1. The number of anilines is 1. The number of halogens is 4. The largest absolute Gasteiger partial charge is 0.416 e. The molecular formula is C15H11ClF3N5OS. The molecule has 0 saturated heterocycles. The molecule has 136 valence electrons. The molecule has 0 radical (unpaired) electrons. The van der Waals surface area contributed by atoms with E-state index in [1.54, 1.807) is 10.6 Å². The van der Waals surface area contributed by atoms with Gasteiger partial charge in [-0.1, -0.05) is 17.7 Å². The molecule has 1 aromatic carbocycles. The maximum absolute atomic E-state index is 12.6. The lowest BCUT2D eigenvalue weighted by Crippen LogP contribution is -2.26. The number of hydrogen-bond donors (Lipinski definition) is 2. The molecule has 6 nitrogen and oxygen atoms in total. The van der Waals surface area contributed by atoms with Crippen LogP contribution in [-0.4, -0.2) is 28.1 Å². The number of imidazole rings is 1. The van der Waals surface area contributed by atoms with E-state index in [-0.39, 0.29) is 17.4 Å². The minimum atomic E-state index is -4.44. The van der Waals surface area contributed by atoms with Gasteiger partial charge in [0.1, 0.15) is 5.69 Å². The van der Waals surface area contributed by atoms with Crippen LogP contribution in [0.5, 0.6) is 0 Å². The van der Waals surface area contributed by atoms with Crippen molar-refractivity contribution in [2.45, 2.75) is 6.18 Å². The Morgan fingerprint density at radius 3 is 3.00 bits per heavy atom. The quantitative estimate of drug-likeness (QED) is 0.506. The van der Waals surface area contributed by atoms with Crippen molar-refractivity contribution in [2.75, 3.05) is 11.9 Å². The number of hydrogen-bond acceptors (Lipinski definition) is 5. The highest BCUT2D eigenvalue weighted by atomic mass is 35.5. The summed E-state index contributed by atoms with van der Waals surface area (Å²) < 4.78 is 39.6. The summed E-state index contributed by atoms with van der Waals surface area (Å²) in [5.74, 6) is -0.527. The molecule has 1 amide bonds. The number of rotatable bonds is 5. The molecule has 0 bridgehead atoms. The summed E-state index contributed by atoms with van der Waals surface area (Å²) in [6, 6.07) is 4.58. The van der Waals surface area contributed by atoms with Gasteiger partial charge in [0, 0.05) is 17.3 Å². The first-order valence-corrected chi connectivity index (χ1v) is 8.44. The van der Waals surface area contributed by atoms with Gasteiger partial charge >= 0.3 is 6.18 Å². The predicted molar refractivity (Wildman–Crippen MR) is 93.7 cm³/mol. The van der Waals surface area contributed by atoms with Crippen LogP contribution in [0, 0.1) is 0 Å². The van der Waals surface area contributed by atoms with Crippen LogP contribution < -0.4 is 10.7 Å². The Hall–Kier alpha value is -2.59. The highest BCUT2D eigenvalue weighted by molar-refractivity contribution is 7.15. The monoisotopic (exact) mass is 401 g/mol. The van der Waals surface area contributed by atoms with Gasteiger partial charge in [-0.05, 0) is 18.2 Å². The van der Waals surface area contributed by atoms with E-state index in [1.165, 1.54) is 29.7 Å². The van der Waals surface area contributed by atoms with E-state index in [1.807, 2.05) is 5.38 Å². The zero-order valence-corrected chi connectivity index (χ0v) is 14.5. The van der Waals surface area contributed by atoms with Crippen LogP contribution in [0.15, 0.2) is 40.9 Å². The maximum atomic E-state index is 12.6. The van der Waals surface area contributed by atoms with Gasteiger partial charge in [-0.25, -0.2) is 10.4 Å². The third-order valence-corrected chi connectivity index (χ3v) is 4.31. The van der Waals surface area contributed by atoms with E-state index in [2.05, 4.69) is 20.8 Å². The first-order chi connectivity index (χ1) is 12.3. The third-order valence-electron chi connectivity index (χ3n) is 3.27. The summed E-state index contributed by atoms with van der Waals surface area (Å²) in [5, 5.41) is 8.47. The average molecular weight is 402 g/mol. The number of nitrogens with zero attached hydrogens (tertiary/aromatic N) is 3. The second kappa shape index (κ2) is 7.34. The van der Waals surface area contributed by atoms with E-state index in [0.717, 1.165) is 12.1 Å². The zero-order chi connectivity index (χ0) is 18.7. The minimum Gasteiger partial charge on any atom is -0.376 e. The number of nitrogens with one attached hydrogen (secondary N) is 2. The Labute approximate surface area is 154 Å². The van der Waals surface area contributed by atoms with Crippen LogP contribution in [0.4, 0.5) is 18.9 Å². The highest BCUT2D eigenvalue weighted by Gasteiger charge is 2.30. The van der Waals surface area contributed by atoms with E-state index in [0.29, 0.717) is 10.7 Å². The summed E-state index contributed by atoms with van der Waals surface area (Å²) in [7, 11) is 0. The van der Waals surface area contributed by atoms with Gasteiger partial charge in [-0.15, -0.1) is 11.3 Å². The van der Waals surface area contributed by atoms with Crippen LogP contribution in [0.1, 0.15) is 11.3 Å². The van der Waals surface area contributed by atoms with Crippen molar-refractivity contribution in [3.63, 3.8) is 0 Å². The Kier molecular flexibility index (Phi) is 5.14. The smallest absolute Gasteiger partial charge is 0.376 e. The second-order valence-electron chi connectivity index (χ2n) is 5.07. The van der Waals surface area contributed by atoms with Gasteiger partial charge in [0.2, 0.25) is 0 Å². The molecule has 2 heterocycles. The van der Waals surface area contributed by atoms with Crippen molar-refractivity contribution < 1.29 is 18.0 Å². The van der Waals surface area contributed by atoms with Gasteiger partial charge in [-0.2, -0.15) is 18.3 Å². The number of alkyl halides is 3. The van der Waals surface area contributed by atoms with Crippen molar-refractivity contribution >= 4 is 45.7 Å². The Balaban J connectivity index is 1.56. The lowest BCUT2D eigenvalue weighted by atomic mass is 10.2. The maximum Gasteiger partial charge on any atom is 0.416 e. The van der Waals surface area contributed by atoms with E-state index in [4.69, 9.17) is 11.6 Å². The molecule has 0 aliphatic heterocycles. The summed E-state index contributed by atoms with van der Waals surface area (Å²) in [4.78, 5) is 16.6. The molecule has 0 fully saturated rings. The normalized spacial score (nSPS) is 12.0. The Bertz CT molecular complexity index is 966. The molecule has 2 aromatic heterocycles. The van der Waals surface area contributed by atoms with Crippen molar-refractivity contribution in [3.8, 4) is 0 Å². The molecule has 0 saturated carbocycles. The fraction of sp³-hybridized carbons (Fsp3) is 0.133. The molecule has 0 spiro atoms. The van der Waals surface area contributed by atoms with E-state index in [9.17, 15) is 18.0 Å². The minimum absolute atomic E-state index is 0.178. The molecular weight excluding hydrogens is 391 g/mol. The van der Waals surface area contributed by atoms with Gasteiger partial charge in [-0.3, -0.25) is 9.20 Å². The molecule has 0 aliphatic rings. The highest BCUT2D eigenvalue weighted by Crippen LogP contribution is 2.30. The second-order valence-corrected chi connectivity index (χ2v) is 6.30. The first kappa shape index (κ1) is 18.2. The molecule has 0 atom stereocenters. The molecule has 3 aromatic rings. The van der Waals surface area contributed by atoms with Crippen LogP contribution in [0.2, 0.25) is 5.15 Å². The lowest BCUT2D eigenvalue weighted by Gasteiger charge is -2.09.